The van der Waals surface area contributed by atoms with Crippen LogP contribution in [0, 0.1) is 0 Å². The Kier molecular flexibility index (Phi) is 6.75. The molecule has 7 heteroatoms. The highest BCUT2D eigenvalue weighted by Crippen LogP contribution is 1.73. The van der Waals surface area contributed by atoms with Gasteiger partial charge in [0.25, 0.3) is 0 Å². The van der Waals surface area contributed by atoms with Crippen molar-refractivity contribution in [1.82, 2.24) is 16.2 Å². The van der Waals surface area contributed by atoms with Crippen LogP contribution < -0.4 is 16.2 Å². The fraction of sp³-hybridized carbons (Fsp3) is 0.500. The van der Waals surface area contributed by atoms with E-state index >= 15 is 0 Å². The topological polar surface area (TPSA) is 79.5 Å². The van der Waals surface area contributed by atoms with Crippen molar-refractivity contribution < 1.29 is 14.3 Å². The Bertz CT molecular complexity index is 198. The van der Waals surface area contributed by atoms with Gasteiger partial charge in [-0.25, -0.2) is 5.43 Å². The maximum absolute atomic E-state index is 10.7. The minimum Gasteiger partial charge on any atom is -0.465 e. The van der Waals surface area contributed by atoms with Crippen LogP contribution in [-0.2, 0) is 14.3 Å². The SMILES string of the molecule is CCOC(=O)CNNC(=S)NC=O. The summed E-state index contributed by atoms with van der Waals surface area (Å²) in [6, 6.07) is 0. The molecule has 74 valence electrons. The predicted octanol–water partition coefficient (Wildman–Crippen LogP) is -1.33. The number of thiocarbonyl (C=S) groups is 1. The second-order valence-electron chi connectivity index (χ2n) is 1.87. The molecule has 1 amide bonds. The zero-order chi connectivity index (χ0) is 10.1. The van der Waals surface area contributed by atoms with Gasteiger partial charge in [0.2, 0.25) is 6.41 Å². The van der Waals surface area contributed by atoms with E-state index < -0.39 is 5.97 Å². The summed E-state index contributed by atoms with van der Waals surface area (Å²) in [7, 11) is 0. The van der Waals surface area contributed by atoms with Gasteiger partial charge in [0.05, 0.1) is 6.61 Å². The van der Waals surface area contributed by atoms with Crippen molar-refractivity contribution in [3.05, 3.63) is 0 Å². The predicted molar refractivity (Wildman–Crippen MR) is 49.6 cm³/mol. The van der Waals surface area contributed by atoms with Gasteiger partial charge in [-0.05, 0) is 19.1 Å². The lowest BCUT2D eigenvalue weighted by Crippen LogP contribution is -2.45. The van der Waals surface area contributed by atoms with Gasteiger partial charge in [0, 0.05) is 0 Å². The zero-order valence-electron chi connectivity index (χ0n) is 7.12. The molecule has 0 saturated heterocycles. The number of rotatable bonds is 5. The van der Waals surface area contributed by atoms with Crippen LogP contribution in [0.2, 0.25) is 0 Å². The third kappa shape index (κ3) is 7.16. The summed E-state index contributed by atoms with van der Waals surface area (Å²) in [4.78, 5) is 20.6. The number of carbonyl (C=O) groups excluding carboxylic acids is 2. The molecule has 0 saturated carbocycles. The summed E-state index contributed by atoms with van der Waals surface area (Å²) in [5.74, 6) is -0.399. The summed E-state index contributed by atoms with van der Waals surface area (Å²) < 4.78 is 4.61. The van der Waals surface area contributed by atoms with Crippen molar-refractivity contribution in [3.63, 3.8) is 0 Å². The normalized spacial score (nSPS) is 8.69. The van der Waals surface area contributed by atoms with Crippen LogP contribution in [-0.4, -0.2) is 30.6 Å². The van der Waals surface area contributed by atoms with Crippen molar-refractivity contribution in [2.45, 2.75) is 6.92 Å². The number of amides is 1. The minimum atomic E-state index is -0.399. The number of nitrogens with one attached hydrogen (secondary N) is 3. The lowest BCUT2D eigenvalue weighted by Gasteiger charge is -2.06. The maximum atomic E-state index is 10.7. The van der Waals surface area contributed by atoms with Gasteiger partial charge in [0.1, 0.15) is 6.54 Å². The lowest BCUT2D eigenvalue weighted by atomic mass is 10.7. The molecule has 13 heavy (non-hydrogen) atoms. The van der Waals surface area contributed by atoms with E-state index in [1.165, 1.54) is 0 Å². The highest BCUT2D eigenvalue weighted by Gasteiger charge is 1.99. The van der Waals surface area contributed by atoms with Crippen LogP contribution in [0.3, 0.4) is 0 Å². The van der Waals surface area contributed by atoms with Gasteiger partial charge < -0.3 is 10.1 Å². The van der Waals surface area contributed by atoms with Gasteiger partial charge in [-0.1, -0.05) is 0 Å². The minimum absolute atomic E-state index is 0.0193. The molecule has 0 bridgehead atoms. The first kappa shape index (κ1) is 11.8. The molecule has 3 N–H and O–H groups in total. The molecule has 0 atom stereocenters. The van der Waals surface area contributed by atoms with Gasteiger partial charge >= 0.3 is 5.97 Å². The van der Waals surface area contributed by atoms with Crippen LogP contribution in [0.4, 0.5) is 0 Å². The van der Waals surface area contributed by atoms with E-state index in [2.05, 4.69) is 33.1 Å². The zero-order valence-corrected chi connectivity index (χ0v) is 7.94. The number of carbonyl (C=O) groups is 2. The van der Waals surface area contributed by atoms with Gasteiger partial charge in [0.15, 0.2) is 5.11 Å². The number of hydrogen-bond acceptors (Lipinski definition) is 5. The second kappa shape index (κ2) is 7.44. The van der Waals surface area contributed by atoms with E-state index in [-0.39, 0.29) is 11.7 Å². The quantitative estimate of drug-likeness (QED) is 0.223. The molecule has 0 aliphatic rings. The Labute approximate surface area is 81.0 Å². The summed E-state index contributed by atoms with van der Waals surface area (Å²) in [6.45, 7) is 2.02. The summed E-state index contributed by atoms with van der Waals surface area (Å²) in [5.41, 5.74) is 4.88. The van der Waals surface area contributed by atoms with Gasteiger partial charge in [-0.3, -0.25) is 15.0 Å². The van der Waals surface area contributed by atoms with Crippen molar-refractivity contribution in [2.24, 2.45) is 0 Å². The molecule has 6 nitrogen and oxygen atoms in total. The highest BCUT2D eigenvalue weighted by atomic mass is 32.1. The van der Waals surface area contributed by atoms with Gasteiger partial charge in [-0.15, -0.1) is 0 Å². The molecule has 0 aliphatic carbocycles. The first-order valence-corrected chi connectivity index (χ1v) is 4.00. The number of ether oxygens (including phenoxy) is 1. The molecule has 0 heterocycles. The standard InChI is InChI=1S/C6H11N3O3S/c1-2-12-5(11)3-8-9-6(13)7-4-10/h4,8H,2-3H2,1H3,(H2,7,9,10,13). The molecule has 0 rings (SSSR count). The Hall–Kier alpha value is -1.21. The average Bonchev–Trinajstić information content (AvgIpc) is 2.05. The van der Waals surface area contributed by atoms with Crippen LogP contribution in [0.1, 0.15) is 6.92 Å². The Morgan fingerprint density at radius 3 is 2.85 bits per heavy atom. The van der Waals surface area contributed by atoms with E-state index in [0.717, 1.165) is 0 Å². The molecular weight excluding hydrogens is 194 g/mol. The number of esters is 1. The molecule has 0 unspecified atom stereocenters. The van der Waals surface area contributed by atoms with E-state index in [9.17, 15) is 9.59 Å². The summed E-state index contributed by atoms with van der Waals surface area (Å²) in [6.07, 6.45) is 0.432. The first-order chi connectivity index (χ1) is 6.20. The fourth-order valence-electron chi connectivity index (χ4n) is 0.498. The van der Waals surface area contributed by atoms with Crippen molar-refractivity contribution in [1.29, 1.82) is 0 Å². The Morgan fingerprint density at radius 1 is 1.62 bits per heavy atom. The molecule has 0 aromatic rings. The van der Waals surface area contributed by atoms with E-state index in [1.807, 2.05) is 0 Å². The molecule has 0 aromatic carbocycles. The monoisotopic (exact) mass is 205 g/mol. The van der Waals surface area contributed by atoms with Crippen molar-refractivity contribution in [2.75, 3.05) is 13.2 Å². The van der Waals surface area contributed by atoms with E-state index in [0.29, 0.717) is 13.0 Å². The van der Waals surface area contributed by atoms with E-state index in [1.54, 1.807) is 6.92 Å². The van der Waals surface area contributed by atoms with Crippen LogP contribution >= 0.6 is 12.2 Å². The number of hydrogen-bond donors (Lipinski definition) is 3. The average molecular weight is 205 g/mol. The second-order valence-corrected chi connectivity index (χ2v) is 2.28. The largest absolute Gasteiger partial charge is 0.465 e. The molecule has 0 radical (unpaired) electrons. The Morgan fingerprint density at radius 2 is 2.31 bits per heavy atom. The lowest BCUT2D eigenvalue weighted by molar-refractivity contribution is -0.142. The van der Waals surface area contributed by atoms with Crippen molar-refractivity contribution in [3.8, 4) is 0 Å². The number of hydrazine groups is 1. The fourth-order valence-corrected chi connectivity index (χ4v) is 0.619. The highest BCUT2D eigenvalue weighted by molar-refractivity contribution is 7.80. The molecule has 0 fully saturated rings. The van der Waals surface area contributed by atoms with Gasteiger partial charge in [-0.2, -0.15) is 0 Å². The van der Waals surface area contributed by atoms with Crippen LogP contribution in [0.25, 0.3) is 0 Å². The summed E-state index contributed by atoms with van der Waals surface area (Å²) >= 11 is 4.60. The Balaban J connectivity index is 3.38. The van der Waals surface area contributed by atoms with Crippen molar-refractivity contribution >= 4 is 29.7 Å². The third-order valence-corrected chi connectivity index (χ3v) is 1.15. The molecule has 0 aromatic heterocycles. The van der Waals surface area contributed by atoms with Crippen LogP contribution in [0.5, 0.6) is 0 Å². The van der Waals surface area contributed by atoms with Crippen LogP contribution in [0.15, 0.2) is 0 Å². The summed E-state index contributed by atoms with van der Waals surface area (Å²) in [5, 5.41) is 2.27. The smallest absolute Gasteiger partial charge is 0.321 e. The molecular formula is C6H11N3O3S. The molecule has 0 aliphatic heterocycles. The maximum Gasteiger partial charge on any atom is 0.321 e. The van der Waals surface area contributed by atoms with E-state index in [4.69, 9.17) is 0 Å². The first-order valence-electron chi connectivity index (χ1n) is 3.59. The molecule has 0 spiro atoms. The third-order valence-electron chi connectivity index (χ3n) is 0.930.